The summed E-state index contributed by atoms with van der Waals surface area (Å²) in [6.07, 6.45) is 2.16. The highest BCUT2D eigenvalue weighted by atomic mass is 16.7. The molecule has 7 N–H and O–H groups in total. The smallest absolute Gasteiger partial charge is 0.444 e. The first-order valence-electron chi connectivity index (χ1n) is 17.1. The molecule has 2 aromatic rings. The van der Waals surface area contributed by atoms with Gasteiger partial charge in [-0.3, -0.25) is 24.0 Å². The number of H-pyrrole nitrogens is 1. The number of nitrogens with zero attached hydrogens (tertiary/aromatic N) is 2. The predicted molar refractivity (Wildman–Crippen MR) is 189 cm³/mol. The van der Waals surface area contributed by atoms with Gasteiger partial charge in [0.25, 0.3) is 0 Å². The van der Waals surface area contributed by atoms with Gasteiger partial charge < -0.3 is 51.1 Å². The lowest BCUT2D eigenvalue weighted by atomic mass is 10.0. The molecular weight excluding hydrogens is 692 g/mol. The third-order valence-electron chi connectivity index (χ3n) is 7.61. The lowest BCUT2D eigenvalue weighted by molar-refractivity contribution is -0.140. The summed E-state index contributed by atoms with van der Waals surface area (Å²) in [6, 6.07) is 1.93. The minimum absolute atomic E-state index is 0.0338. The monoisotopic (exact) mass is 742 g/mol. The topological polar surface area (TPSA) is 253 Å². The average molecular weight is 743 g/mol. The third kappa shape index (κ3) is 14.1. The van der Waals surface area contributed by atoms with E-state index in [9.17, 15) is 33.6 Å². The fourth-order valence-electron chi connectivity index (χ4n) is 5.24. The molecule has 53 heavy (non-hydrogen) atoms. The van der Waals surface area contributed by atoms with Crippen molar-refractivity contribution in [1.82, 2.24) is 36.1 Å². The Hall–Kier alpha value is -5.68. The van der Waals surface area contributed by atoms with Gasteiger partial charge >= 0.3 is 12.2 Å². The molecule has 0 aliphatic carbocycles. The number of aromatic nitrogens is 2. The number of aromatic amines is 1. The molecule has 1 saturated heterocycles. The number of nitrogens with one attached hydrogen (secondary N) is 5. The van der Waals surface area contributed by atoms with Crippen molar-refractivity contribution in [3.05, 3.63) is 48.0 Å². The number of amides is 6. The van der Waals surface area contributed by atoms with E-state index in [1.54, 1.807) is 53.7 Å². The molecule has 0 spiro atoms. The number of imidazole rings is 1. The molecule has 18 heteroatoms. The normalized spacial score (nSPS) is 16.0. The molecule has 0 radical (unpaired) electrons. The number of hydrogen-bond acceptors (Lipinski definition) is 11. The highest BCUT2D eigenvalue weighted by Crippen LogP contribution is 2.19. The zero-order valence-corrected chi connectivity index (χ0v) is 31.1. The average Bonchev–Trinajstić information content (AvgIpc) is 3.74. The van der Waals surface area contributed by atoms with Crippen LogP contribution in [0.25, 0.3) is 0 Å². The number of benzene rings is 1. The Bertz CT molecular complexity index is 1620. The highest BCUT2D eigenvalue weighted by molar-refractivity contribution is 5.95. The molecule has 1 aromatic carbocycles. The van der Waals surface area contributed by atoms with Gasteiger partial charge in [0, 0.05) is 31.3 Å². The summed E-state index contributed by atoms with van der Waals surface area (Å²) in [4.78, 5) is 97.5. The van der Waals surface area contributed by atoms with Gasteiger partial charge in [-0.1, -0.05) is 12.1 Å². The summed E-state index contributed by atoms with van der Waals surface area (Å²) < 4.78 is 15.7. The lowest BCUT2D eigenvalue weighted by Gasteiger charge is -2.27. The van der Waals surface area contributed by atoms with Crippen molar-refractivity contribution in [2.75, 3.05) is 13.1 Å². The molecule has 0 saturated carbocycles. The Balaban J connectivity index is 1.63. The first-order valence-corrected chi connectivity index (χ1v) is 17.1. The first kappa shape index (κ1) is 41.7. The van der Waals surface area contributed by atoms with Gasteiger partial charge in [-0.05, 0) is 79.0 Å². The van der Waals surface area contributed by atoms with Gasteiger partial charge in [0.2, 0.25) is 29.5 Å². The standard InChI is InChI=1S/C35H50N8O10/c1-20(29(46)38-18-27(44)41-25(16-22-17-37-19-39-22)31(48)43-14-8-9-26(43)28(36)45)40-30(47)24(42-32(49)52-34(2,3)4)15-21-10-12-23(13-11-21)51-33(50)53-35(5,6)7/h10-13,17,19-20,24-26H,8-9,14-16,18H2,1-7H3,(H2,36,45)(H,37,39)(H,38,46)(H,40,47)(H,41,44)(H,42,49)/t20-,24-,25-,26-/m0/s1. The van der Waals surface area contributed by atoms with Crippen LogP contribution in [0, 0.1) is 0 Å². The van der Waals surface area contributed by atoms with Crippen molar-refractivity contribution in [3.8, 4) is 5.75 Å². The Kier molecular flexibility index (Phi) is 14.3. The van der Waals surface area contributed by atoms with Crippen LogP contribution in [0.2, 0.25) is 0 Å². The van der Waals surface area contributed by atoms with Crippen molar-refractivity contribution in [2.45, 2.75) is 110 Å². The van der Waals surface area contributed by atoms with E-state index in [-0.39, 0.29) is 18.6 Å². The summed E-state index contributed by atoms with van der Waals surface area (Å²) >= 11 is 0. The van der Waals surface area contributed by atoms with Crippen molar-refractivity contribution in [2.24, 2.45) is 5.73 Å². The van der Waals surface area contributed by atoms with E-state index in [0.717, 1.165) is 0 Å². The molecule has 2 heterocycles. The number of hydrogen-bond donors (Lipinski definition) is 6. The Morgan fingerprint density at radius 2 is 1.57 bits per heavy atom. The maximum Gasteiger partial charge on any atom is 0.514 e. The van der Waals surface area contributed by atoms with Crippen LogP contribution >= 0.6 is 0 Å². The van der Waals surface area contributed by atoms with Crippen molar-refractivity contribution in [3.63, 3.8) is 0 Å². The molecule has 0 unspecified atom stereocenters. The summed E-state index contributed by atoms with van der Waals surface area (Å²) in [5.41, 5.74) is 5.00. The number of primary amides is 1. The second kappa shape index (κ2) is 18.2. The van der Waals surface area contributed by atoms with Gasteiger partial charge in [0.1, 0.15) is 41.1 Å². The fraction of sp³-hybridized carbons (Fsp3) is 0.543. The SMILES string of the molecule is C[C@H](NC(=O)[C@H](Cc1ccc(OC(=O)OC(C)(C)C)cc1)NC(=O)OC(C)(C)C)C(=O)NCC(=O)N[C@@H](Cc1cnc[nH]1)C(=O)N1CCC[C@H]1C(N)=O. The molecule has 1 aliphatic heterocycles. The second-order valence-electron chi connectivity index (χ2n) is 14.6. The summed E-state index contributed by atoms with van der Waals surface area (Å²) in [6.45, 7) is 11.2. The van der Waals surface area contributed by atoms with Crippen molar-refractivity contribution >= 4 is 41.8 Å². The number of likely N-dealkylation sites (tertiary alicyclic amines) is 1. The van der Waals surface area contributed by atoms with Crippen LogP contribution in [0.3, 0.4) is 0 Å². The highest BCUT2D eigenvalue weighted by Gasteiger charge is 2.37. The molecule has 1 aliphatic rings. The van der Waals surface area contributed by atoms with Gasteiger partial charge in [0.15, 0.2) is 0 Å². The minimum Gasteiger partial charge on any atom is -0.444 e. The van der Waals surface area contributed by atoms with E-state index in [1.165, 1.54) is 36.5 Å². The Morgan fingerprint density at radius 1 is 0.906 bits per heavy atom. The lowest BCUT2D eigenvalue weighted by Crippen LogP contribution is -2.56. The molecule has 1 fully saturated rings. The second-order valence-corrected chi connectivity index (χ2v) is 14.6. The molecule has 3 rings (SSSR count). The quantitative estimate of drug-likeness (QED) is 0.118. The molecule has 6 amide bonds. The number of nitrogens with two attached hydrogens (primary N) is 1. The van der Waals surface area contributed by atoms with Crippen LogP contribution < -0.4 is 31.7 Å². The largest absolute Gasteiger partial charge is 0.514 e. The number of rotatable bonds is 14. The zero-order valence-electron chi connectivity index (χ0n) is 31.1. The van der Waals surface area contributed by atoms with Gasteiger partial charge in [-0.25, -0.2) is 14.6 Å². The number of carbonyl (C=O) groups is 7. The van der Waals surface area contributed by atoms with E-state index < -0.39 is 83.7 Å². The zero-order chi connectivity index (χ0) is 39.5. The summed E-state index contributed by atoms with van der Waals surface area (Å²) in [7, 11) is 0. The predicted octanol–water partition coefficient (Wildman–Crippen LogP) is 0.984. The van der Waals surface area contributed by atoms with E-state index in [0.29, 0.717) is 30.6 Å². The van der Waals surface area contributed by atoms with E-state index in [1.807, 2.05) is 0 Å². The van der Waals surface area contributed by atoms with E-state index in [2.05, 4.69) is 31.2 Å². The Morgan fingerprint density at radius 3 is 2.15 bits per heavy atom. The van der Waals surface area contributed by atoms with Gasteiger partial charge in [-0.2, -0.15) is 0 Å². The van der Waals surface area contributed by atoms with Crippen LogP contribution in [0.15, 0.2) is 36.8 Å². The number of alkyl carbamates (subject to hydrolysis) is 1. The van der Waals surface area contributed by atoms with Crippen LogP contribution in [0.5, 0.6) is 5.75 Å². The van der Waals surface area contributed by atoms with Crippen LogP contribution in [0.4, 0.5) is 9.59 Å². The van der Waals surface area contributed by atoms with Crippen LogP contribution in [-0.4, -0.2) is 105 Å². The molecular formula is C35H50N8O10. The van der Waals surface area contributed by atoms with Crippen molar-refractivity contribution in [1.29, 1.82) is 0 Å². The molecule has 18 nitrogen and oxygen atoms in total. The summed E-state index contributed by atoms with van der Waals surface area (Å²) in [5, 5.41) is 10.1. The maximum atomic E-state index is 13.4. The molecule has 1 aromatic heterocycles. The van der Waals surface area contributed by atoms with Gasteiger partial charge in [-0.15, -0.1) is 0 Å². The minimum atomic E-state index is -1.20. The maximum absolute atomic E-state index is 13.4. The van der Waals surface area contributed by atoms with E-state index >= 15 is 0 Å². The van der Waals surface area contributed by atoms with E-state index in [4.69, 9.17) is 19.9 Å². The third-order valence-corrected chi connectivity index (χ3v) is 7.61. The van der Waals surface area contributed by atoms with Gasteiger partial charge in [0.05, 0.1) is 12.9 Å². The Labute approximate surface area is 307 Å². The number of carbonyl (C=O) groups excluding carboxylic acids is 7. The number of ether oxygens (including phenoxy) is 3. The first-order chi connectivity index (χ1) is 24.7. The van der Waals surface area contributed by atoms with Crippen molar-refractivity contribution < 1.29 is 47.8 Å². The van der Waals surface area contributed by atoms with Crippen LogP contribution in [0.1, 0.15) is 72.6 Å². The molecule has 0 bridgehead atoms. The fourth-order valence-corrected chi connectivity index (χ4v) is 5.24. The molecule has 290 valence electrons. The van der Waals surface area contributed by atoms with Crippen LogP contribution in [-0.2, 0) is 46.3 Å². The molecule has 4 atom stereocenters. The summed E-state index contributed by atoms with van der Waals surface area (Å²) in [5.74, 6) is -3.10.